The van der Waals surface area contributed by atoms with Crippen LogP contribution in [0.3, 0.4) is 0 Å². The summed E-state index contributed by atoms with van der Waals surface area (Å²) in [6.07, 6.45) is 1.81. The van der Waals surface area contributed by atoms with Crippen LogP contribution in [0.5, 0.6) is 11.5 Å². The van der Waals surface area contributed by atoms with Crippen LogP contribution in [0.15, 0.2) is 48.0 Å². The van der Waals surface area contributed by atoms with Crippen LogP contribution in [0.1, 0.15) is 5.56 Å². The normalized spacial score (nSPS) is 14.1. The van der Waals surface area contributed by atoms with Crippen molar-refractivity contribution in [3.8, 4) is 22.1 Å². The van der Waals surface area contributed by atoms with Gasteiger partial charge in [0.15, 0.2) is 16.6 Å². The van der Waals surface area contributed by atoms with Crippen molar-refractivity contribution in [1.82, 2.24) is 9.97 Å². The smallest absolute Gasteiger partial charge is 0.185 e. The van der Waals surface area contributed by atoms with Gasteiger partial charge in [-0.05, 0) is 24.3 Å². The lowest BCUT2D eigenvalue weighted by atomic mass is 10.1. The maximum Gasteiger partial charge on any atom is 0.185 e. The molecule has 0 saturated carbocycles. The summed E-state index contributed by atoms with van der Waals surface area (Å²) in [6, 6.07) is 11.9. The fourth-order valence-corrected chi connectivity index (χ4v) is 4.78. The number of phenolic OH excluding ortho intramolecular Hbond substituents is 1. The maximum atomic E-state index is 10.5. The van der Waals surface area contributed by atoms with Gasteiger partial charge < -0.3 is 14.7 Å². The van der Waals surface area contributed by atoms with E-state index in [0.717, 1.165) is 38.0 Å². The highest BCUT2D eigenvalue weighted by molar-refractivity contribution is 7.21. The third-order valence-electron chi connectivity index (χ3n) is 4.35. The second kappa shape index (κ2) is 6.26. The standard InChI is InChI=1S/C19H15N3O2S2/c23-15-10-12(18-21-14-3-1-2-4-16(14)26-18)9-13-11-22(6-7-24-17(13)15)19-20-5-8-25-19/h1-5,8-10,23H,6-7,11H2. The second-order valence-electron chi connectivity index (χ2n) is 6.06. The lowest BCUT2D eigenvalue weighted by Gasteiger charge is -2.18. The Bertz CT molecular complexity index is 1040. The van der Waals surface area contributed by atoms with Gasteiger partial charge in [-0.2, -0.15) is 0 Å². The van der Waals surface area contributed by atoms with Gasteiger partial charge in [0.25, 0.3) is 0 Å². The summed E-state index contributed by atoms with van der Waals surface area (Å²) in [5, 5.41) is 14.4. The molecule has 0 spiro atoms. The van der Waals surface area contributed by atoms with E-state index in [1.54, 1.807) is 28.7 Å². The molecule has 0 bridgehead atoms. The summed E-state index contributed by atoms with van der Waals surface area (Å²) in [6.45, 7) is 1.90. The second-order valence-corrected chi connectivity index (χ2v) is 7.96. The van der Waals surface area contributed by atoms with E-state index < -0.39 is 0 Å². The fourth-order valence-electron chi connectivity index (χ4n) is 3.15. The van der Waals surface area contributed by atoms with Crippen LogP contribution in [0.25, 0.3) is 20.8 Å². The first kappa shape index (κ1) is 15.6. The number of anilines is 1. The number of fused-ring (bicyclic) bond motifs is 2. The van der Waals surface area contributed by atoms with Crippen LogP contribution in [0, 0.1) is 0 Å². The first-order chi connectivity index (χ1) is 12.8. The molecule has 7 heteroatoms. The predicted octanol–water partition coefficient (Wildman–Crippen LogP) is 4.52. The molecule has 0 aliphatic carbocycles. The number of aromatic hydroxyl groups is 1. The quantitative estimate of drug-likeness (QED) is 0.553. The molecule has 0 radical (unpaired) electrons. The number of hydrogen-bond acceptors (Lipinski definition) is 7. The van der Waals surface area contributed by atoms with Crippen LogP contribution < -0.4 is 9.64 Å². The van der Waals surface area contributed by atoms with Gasteiger partial charge in [-0.3, -0.25) is 0 Å². The highest BCUT2D eigenvalue weighted by Gasteiger charge is 2.22. The minimum Gasteiger partial charge on any atom is -0.504 e. The number of benzene rings is 2. The Labute approximate surface area is 158 Å². The predicted molar refractivity (Wildman–Crippen MR) is 105 cm³/mol. The molecule has 5 rings (SSSR count). The van der Waals surface area contributed by atoms with Crippen LogP contribution in [-0.4, -0.2) is 28.2 Å². The molecule has 1 aliphatic heterocycles. The lowest BCUT2D eigenvalue weighted by molar-refractivity contribution is 0.312. The molecule has 2 aromatic carbocycles. The highest BCUT2D eigenvalue weighted by Crippen LogP contribution is 2.40. The SMILES string of the molecule is Oc1cc(-c2nc3ccccc3s2)cc2c1OCCN(c1nccs1)C2. The number of aromatic nitrogens is 2. The van der Waals surface area contributed by atoms with E-state index in [9.17, 15) is 5.11 Å². The molecule has 3 heterocycles. The lowest BCUT2D eigenvalue weighted by Crippen LogP contribution is -2.24. The average molecular weight is 381 g/mol. The summed E-state index contributed by atoms with van der Waals surface area (Å²) in [5.74, 6) is 0.728. The maximum absolute atomic E-state index is 10.5. The van der Waals surface area contributed by atoms with Crippen molar-refractivity contribution in [3.05, 3.63) is 53.5 Å². The van der Waals surface area contributed by atoms with Crippen LogP contribution in [-0.2, 0) is 6.54 Å². The zero-order valence-corrected chi connectivity index (χ0v) is 15.4. The molecule has 0 amide bonds. The fraction of sp³-hybridized carbons (Fsp3) is 0.158. The van der Waals surface area contributed by atoms with Crippen molar-refractivity contribution in [3.63, 3.8) is 0 Å². The molecule has 0 atom stereocenters. The van der Waals surface area contributed by atoms with Crippen molar-refractivity contribution < 1.29 is 9.84 Å². The molecule has 4 aromatic rings. The van der Waals surface area contributed by atoms with Crippen molar-refractivity contribution in [1.29, 1.82) is 0 Å². The van der Waals surface area contributed by atoms with E-state index >= 15 is 0 Å². The van der Waals surface area contributed by atoms with Crippen molar-refractivity contribution in [2.75, 3.05) is 18.1 Å². The topological polar surface area (TPSA) is 58.5 Å². The third kappa shape index (κ3) is 2.69. The zero-order valence-electron chi connectivity index (χ0n) is 13.8. The molecule has 0 fully saturated rings. The summed E-state index contributed by atoms with van der Waals surface area (Å²) in [4.78, 5) is 11.3. The summed E-state index contributed by atoms with van der Waals surface area (Å²) < 4.78 is 6.96. The van der Waals surface area contributed by atoms with Gasteiger partial charge in [-0.15, -0.1) is 22.7 Å². The minimum absolute atomic E-state index is 0.165. The van der Waals surface area contributed by atoms with E-state index in [4.69, 9.17) is 9.72 Å². The van der Waals surface area contributed by atoms with Gasteiger partial charge in [-0.25, -0.2) is 9.97 Å². The van der Waals surface area contributed by atoms with Crippen LogP contribution >= 0.6 is 22.7 Å². The van der Waals surface area contributed by atoms with E-state index in [1.807, 2.05) is 29.8 Å². The molecule has 5 nitrogen and oxygen atoms in total. The Kier molecular flexibility index (Phi) is 3.76. The number of rotatable bonds is 2. The Morgan fingerprint density at radius 2 is 2.12 bits per heavy atom. The highest BCUT2D eigenvalue weighted by atomic mass is 32.1. The summed E-state index contributed by atoms with van der Waals surface area (Å²) >= 11 is 3.23. The Balaban J connectivity index is 1.58. The Morgan fingerprint density at radius 3 is 2.96 bits per heavy atom. The first-order valence-corrected chi connectivity index (χ1v) is 9.96. The van der Waals surface area contributed by atoms with Crippen molar-refractivity contribution in [2.24, 2.45) is 0 Å². The monoisotopic (exact) mass is 381 g/mol. The molecule has 130 valence electrons. The Morgan fingerprint density at radius 1 is 1.19 bits per heavy atom. The molecule has 2 aromatic heterocycles. The number of para-hydroxylation sites is 1. The van der Waals surface area contributed by atoms with E-state index in [1.165, 1.54) is 0 Å². The molecule has 26 heavy (non-hydrogen) atoms. The van der Waals surface area contributed by atoms with Gasteiger partial charge in [0.05, 0.1) is 16.8 Å². The van der Waals surface area contributed by atoms with E-state index in [-0.39, 0.29) is 5.75 Å². The van der Waals surface area contributed by atoms with Crippen LogP contribution in [0.4, 0.5) is 5.13 Å². The number of nitrogens with zero attached hydrogens (tertiary/aromatic N) is 3. The van der Waals surface area contributed by atoms with E-state index in [0.29, 0.717) is 18.9 Å². The molecular weight excluding hydrogens is 366 g/mol. The molecule has 1 N–H and O–H groups in total. The largest absolute Gasteiger partial charge is 0.504 e. The van der Waals surface area contributed by atoms with Crippen molar-refractivity contribution in [2.45, 2.75) is 6.54 Å². The van der Waals surface area contributed by atoms with Gasteiger partial charge in [-0.1, -0.05) is 12.1 Å². The molecule has 0 saturated heterocycles. The molecular formula is C19H15N3O2S2. The molecule has 1 aliphatic rings. The summed E-state index contributed by atoms with van der Waals surface area (Å²) in [5.41, 5.74) is 2.83. The number of phenols is 1. The number of thiazole rings is 2. The Hall–Kier alpha value is -2.64. The van der Waals surface area contributed by atoms with Gasteiger partial charge >= 0.3 is 0 Å². The minimum atomic E-state index is 0.165. The van der Waals surface area contributed by atoms with Gasteiger partial charge in [0.2, 0.25) is 0 Å². The zero-order chi connectivity index (χ0) is 17.5. The number of ether oxygens (including phenoxy) is 1. The van der Waals surface area contributed by atoms with E-state index in [2.05, 4.69) is 22.0 Å². The molecule has 0 unspecified atom stereocenters. The van der Waals surface area contributed by atoms with Crippen LogP contribution in [0.2, 0.25) is 0 Å². The van der Waals surface area contributed by atoms with Crippen molar-refractivity contribution >= 4 is 38.0 Å². The average Bonchev–Trinajstić information content (AvgIpc) is 3.27. The number of hydrogen-bond donors (Lipinski definition) is 1. The first-order valence-electron chi connectivity index (χ1n) is 8.27. The third-order valence-corrected chi connectivity index (χ3v) is 6.26. The van der Waals surface area contributed by atoms with Gasteiger partial charge in [0.1, 0.15) is 11.6 Å². The van der Waals surface area contributed by atoms with Gasteiger partial charge in [0, 0.05) is 29.2 Å². The summed E-state index contributed by atoms with van der Waals surface area (Å²) in [7, 11) is 0.